The average molecular weight is 267 g/mol. The summed E-state index contributed by atoms with van der Waals surface area (Å²) in [6.45, 7) is 3.80. The van der Waals surface area contributed by atoms with E-state index < -0.39 is 0 Å². The highest BCUT2D eigenvalue weighted by Gasteiger charge is 2.14. The van der Waals surface area contributed by atoms with E-state index in [0.717, 1.165) is 30.1 Å². The van der Waals surface area contributed by atoms with Gasteiger partial charge in [-0.25, -0.2) is 4.98 Å². The van der Waals surface area contributed by atoms with Crippen molar-refractivity contribution in [3.05, 3.63) is 16.1 Å². The topological polar surface area (TPSA) is 54.0 Å². The summed E-state index contributed by atoms with van der Waals surface area (Å²) in [7, 11) is 0. The zero-order valence-electron chi connectivity index (χ0n) is 10.9. The summed E-state index contributed by atoms with van der Waals surface area (Å²) >= 11 is 1.66. The molecule has 18 heavy (non-hydrogen) atoms. The molecule has 100 valence electrons. The molecule has 1 aromatic rings. The van der Waals surface area contributed by atoms with E-state index in [1.807, 2.05) is 6.92 Å². The zero-order valence-corrected chi connectivity index (χ0v) is 11.7. The maximum absolute atomic E-state index is 11.6. The van der Waals surface area contributed by atoms with Crippen LogP contribution in [0.3, 0.4) is 0 Å². The summed E-state index contributed by atoms with van der Waals surface area (Å²) in [5.41, 5.74) is 1.08. The van der Waals surface area contributed by atoms with Crippen LogP contribution in [0.15, 0.2) is 5.38 Å². The summed E-state index contributed by atoms with van der Waals surface area (Å²) in [6, 6.07) is 0.553. The first-order chi connectivity index (χ1) is 8.74. The lowest BCUT2D eigenvalue weighted by Crippen LogP contribution is -2.28. The van der Waals surface area contributed by atoms with E-state index in [4.69, 9.17) is 0 Å². The monoisotopic (exact) mass is 267 g/mol. The summed E-state index contributed by atoms with van der Waals surface area (Å²) in [6.07, 6.45) is 4.88. The van der Waals surface area contributed by atoms with Gasteiger partial charge in [0.2, 0.25) is 5.91 Å². The molecule has 1 unspecified atom stereocenters. The van der Waals surface area contributed by atoms with Crippen LogP contribution in [0.5, 0.6) is 0 Å². The minimum absolute atomic E-state index is 0.163. The van der Waals surface area contributed by atoms with Gasteiger partial charge in [0.25, 0.3) is 0 Å². The van der Waals surface area contributed by atoms with Crippen LogP contribution in [-0.4, -0.2) is 30.0 Å². The molecular weight excluding hydrogens is 246 g/mol. The second-order valence-corrected chi connectivity index (χ2v) is 5.85. The van der Waals surface area contributed by atoms with Gasteiger partial charge >= 0.3 is 0 Å². The van der Waals surface area contributed by atoms with Gasteiger partial charge in [-0.15, -0.1) is 11.3 Å². The number of aryl methyl sites for hydroxylation is 1. The molecule has 1 atom stereocenters. The number of aromatic nitrogens is 1. The average Bonchev–Trinajstić information content (AvgIpc) is 2.98. The van der Waals surface area contributed by atoms with Gasteiger partial charge in [0.15, 0.2) is 0 Å². The maximum Gasteiger partial charge on any atom is 0.220 e. The Kier molecular flexibility index (Phi) is 5.13. The Morgan fingerprint density at radius 2 is 2.56 bits per heavy atom. The van der Waals surface area contributed by atoms with Gasteiger partial charge in [-0.1, -0.05) is 0 Å². The van der Waals surface area contributed by atoms with Crippen LogP contribution in [0.25, 0.3) is 0 Å². The lowest BCUT2D eigenvalue weighted by molar-refractivity contribution is -0.121. The molecule has 0 aliphatic carbocycles. The van der Waals surface area contributed by atoms with Crippen LogP contribution in [0, 0.1) is 6.92 Å². The molecule has 4 nitrogen and oxygen atoms in total. The SMILES string of the molecule is Cc1nc(CCNC(=O)CCC2CCCN2)cs1. The highest BCUT2D eigenvalue weighted by atomic mass is 32.1. The van der Waals surface area contributed by atoms with Crippen molar-refractivity contribution in [2.45, 2.75) is 45.1 Å². The van der Waals surface area contributed by atoms with E-state index in [9.17, 15) is 4.79 Å². The molecule has 1 saturated heterocycles. The van der Waals surface area contributed by atoms with E-state index >= 15 is 0 Å². The predicted octanol–water partition coefficient (Wildman–Crippen LogP) is 1.64. The molecule has 5 heteroatoms. The smallest absolute Gasteiger partial charge is 0.220 e. The fraction of sp³-hybridized carbons (Fsp3) is 0.692. The van der Waals surface area contributed by atoms with Crippen molar-refractivity contribution in [3.8, 4) is 0 Å². The molecule has 2 rings (SSSR count). The van der Waals surface area contributed by atoms with Gasteiger partial charge in [-0.05, 0) is 32.7 Å². The first kappa shape index (κ1) is 13.5. The second-order valence-electron chi connectivity index (χ2n) is 4.79. The maximum atomic E-state index is 11.6. The minimum Gasteiger partial charge on any atom is -0.356 e. The lowest BCUT2D eigenvalue weighted by atomic mass is 10.1. The van der Waals surface area contributed by atoms with E-state index in [1.165, 1.54) is 12.8 Å². The van der Waals surface area contributed by atoms with Gasteiger partial charge < -0.3 is 10.6 Å². The molecule has 0 aromatic carbocycles. The number of rotatable bonds is 6. The standard InChI is InChI=1S/C13H21N3OS/c1-10-16-12(9-18-10)6-8-15-13(17)5-4-11-3-2-7-14-11/h9,11,14H,2-8H2,1H3,(H,15,17). The van der Waals surface area contributed by atoms with Crippen LogP contribution in [0.1, 0.15) is 36.4 Å². The summed E-state index contributed by atoms with van der Waals surface area (Å²) in [5.74, 6) is 0.163. The Balaban J connectivity index is 1.57. The number of nitrogens with one attached hydrogen (secondary N) is 2. The molecule has 2 heterocycles. The van der Waals surface area contributed by atoms with Crippen molar-refractivity contribution in [2.75, 3.05) is 13.1 Å². The largest absolute Gasteiger partial charge is 0.356 e. The lowest BCUT2D eigenvalue weighted by Gasteiger charge is -2.09. The third kappa shape index (κ3) is 4.38. The molecule has 0 radical (unpaired) electrons. The number of nitrogens with zero attached hydrogens (tertiary/aromatic N) is 1. The fourth-order valence-electron chi connectivity index (χ4n) is 2.25. The Morgan fingerprint density at radius 3 is 3.22 bits per heavy atom. The number of amides is 1. The van der Waals surface area contributed by atoms with Crippen molar-refractivity contribution >= 4 is 17.2 Å². The van der Waals surface area contributed by atoms with Gasteiger partial charge in [0.1, 0.15) is 0 Å². The number of hydrogen-bond donors (Lipinski definition) is 2. The Labute approximate surface area is 112 Å². The first-order valence-corrected chi connectivity index (χ1v) is 7.53. The van der Waals surface area contributed by atoms with Crippen molar-refractivity contribution in [2.24, 2.45) is 0 Å². The van der Waals surface area contributed by atoms with E-state index in [-0.39, 0.29) is 5.91 Å². The van der Waals surface area contributed by atoms with Crippen molar-refractivity contribution in [1.82, 2.24) is 15.6 Å². The summed E-state index contributed by atoms with van der Waals surface area (Å²) < 4.78 is 0. The molecule has 1 aliphatic heterocycles. The van der Waals surface area contributed by atoms with Gasteiger partial charge in [-0.2, -0.15) is 0 Å². The second kappa shape index (κ2) is 6.85. The van der Waals surface area contributed by atoms with E-state index in [1.54, 1.807) is 11.3 Å². The molecule has 2 N–H and O–H groups in total. The number of carbonyl (C=O) groups excluding carboxylic acids is 1. The van der Waals surface area contributed by atoms with Crippen molar-refractivity contribution in [1.29, 1.82) is 0 Å². The Bertz CT molecular complexity index is 385. The molecule has 1 aromatic heterocycles. The Morgan fingerprint density at radius 1 is 1.67 bits per heavy atom. The van der Waals surface area contributed by atoms with Gasteiger partial charge in [-0.3, -0.25) is 4.79 Å². The van der Waals surface area contributed by atoms with Crippen LogP contribution in [0.4, 0.5) is 0 Å². The molecule has 0 bridgehead atoms. The van der Waals surface area contributed by atoms with E-state index in [2.05, 4.69) is 21.0 Å². The van der Waals surface area contributed by atoms with Crippen molar-refractivity contribution < 1.29 is 4.79 Å². The Hall–Kier alpha value is -0.940. The predicted molar refractivity (Wildman–Crippen MR) is 73.8 cm³/mol. The quantitative estimate of drug-likeness (QED) is 0.824. The minimum atomic E-state index is 0.163. The fourth-order valence-corrected chi connectivity index (χ4v) is 2.90. The normalized spacial score (nSPS) is 19.1. The molecule has 0 spiro atoms. The van der Waals surface area contributed by atoms with Crippen LogP contribution < -0.4 is 10.6 Å². The molecule has 0 saturated carbocycles. The van der Waals surface area contributed by atoms with Gasteiger partial charge in [0.05, 0.1) is 10.7 Å². The zero-order chi connectivity index (χ0) is 12.8. The van der Waals surface area contributed by atoms with Crippen LogP contribution in [0.2, 0.25) is 0 Å². The third-order valence-electron chi connectivity index (χ3n) is 3.25. The molecule has 1 fully saturated rings. The highest BCUT2D eigenvalue weighted by molar-refractivity contribution is 7.09. The van der Waals surface area contributed by atoms with Crippen LogP contribution >= 0.6 is 11.3 Å². The van der Waals surface area contributed by atoms with Gasteiger partial charge in [0, 0.05) is 30.8 Å². The molecular formula is C13H21N3OS. The molecule has 1 aliphatic rings. The summed E-state index contributed by atoms with van der Waals surface area (Å²) in [5, 5.41) is 9.52. The third-order valence-corrected chi connectivity index (χ3v) is 4.07. The number of hydrogen-bond acceptors (Lipinski definition) is 4. The van der Waals surface area contributed by atoms with E-state index in [0.29, 0.717) is 19.0 Å². The summed E-state index contributed by atoms with van der Waals surface area (Å²) in [4.78, 5) is 16.0. The molecule has 1 amide bonds. The number of thiazole rings is 1. The number of carbonyl (C=O) groups is 1. The first-order valence-electron chi connectivity index (χ1n) is 6.65. The highest BCUT2D eigenvalue weighted by Crippen LogP contribution is 2.10. The van der Waals surface area contributed by atoms with Crippen molar-refractivity contribution in [3.63, 3.8) is 0 Å². The van der Waals surface area contributed by atoms with Crippen LogP contribution in [-0.2, 0) is 11.2 Å².